The Morgan fingerprint density at radius 2 is 2.05 bits per heavy atom. The first-order valence-corrected chi connectivity index (χ1v) is 6.95. The summed E-state index contributed by atoms with van der Waals surface area (Å²) in [5.74, 6) is 0.718. The van der Waals surface area contributed by atoms with E-state index in [2.05, 4.69) is 15.3 Å². The van der Waals surface area contributed by atoms with Crippen LogP contribution in [0.2, 0.25) is 0 Å². The van der Waals surface area contributed by atoms with Crippen molar-refractivity contribution in [3.8, 4) is 5.75 Å². The second-order valence-corrected chi connectivity index (χ2v) is 4.68. The Kier molecular flexibility index (Phi) is 8.27. The van der Waals surface area contributed by atoms with Gasteiger partial charge in [-0.3, -0.25) is 9.98 Å². The third-order valence-electron chi connectivity index (χ3n) is 3.01. The lowest BCUT2D eigenvalue weighted by Gasteiger charge is -2.06. The van der Waals surface area contributed by atoms with Crippen molar-refractivity contribution in [2.75, 3.05) is 13.1 Å². The number of phenols is 1. The summed E-state index contributed by atoms with van der Waals surface area (Å²) in [6, 6.07) is 13.0. The molecule has 0 aliphatic rings. The number of guanidine groups is 1. The molecule has 0 unspecified atom stereocenters. The lowest BCUT2D eigenvalue weighted by atomic mass is 10.1. The van der Waals surface area contributed by atoms with Crippen LogP contribution in [0.3, 0.4) is 0 Å². The molecule has 0 saturated carbocycles. The molecule has 1 aromatic carbocycles. The highest BCUT2D eigenvalue weighted by molar-refractivity contribution is 14.0. The van der Waals surface area contributed by atoms with Gasteiger partial charge in [0, 0.05) is 31.4 Å². The van der Waals surface area contributed by atoms with Gasteiger partial charge >= 0.3 is 0 Å². The standard InChI is InChI=1S/C16H20N4O.HI/c17-16(20-11-8-14-5-1-2-9-18-14)19-10-7-13-4-3-6-15(21)12-13;/h1-6,9,12,21H,7-8,10-11H2,(H3,17,19,20);1H. The van der Waals surface area contributed by atoms with Gasteiger partial charge in [0.1, 0.15) is 5.75 Å². The fourth-order valence-electron chi connectivity index (χ4n) is 1.94. The number of hydrogen-bond acceptors (Lipinski definition) is 3. The lowest BCUT2D eigenvalue weighted by molar-refractivity contribution is 0.474. The lowest BCUT2D eigenvalue weighted by Crippen LogP contribution is -2.33. The molecule has 1 aromatic heterocycles. The van der Waals surface area contributed by atoms with Crippen molar-refractivity contribution in [1.82, 2.24) is 10.3 Å². The monoisotopic (exact) mass is 412 g/mol. The fourth-order valence-corrected chi connectivity index (χ4v) is 1.94. The number of halogens is 1. The van der Waals surface area contributed by atoms with Crippen molar-refractivity contribution in [3.63, 3.8) is 0 Å². The average molecular weight is 412 g/mol. The number of rotatable bonds is 6. The Hall–Kier alpha value is -1.83. The summed E-state index contributed by atoms with van der Waals surface area (Å²) < 4.78 is 0. The third kappa shape index (κ3) is 6.75. The molecular formula is C16H21IN4O. The summed E-state index contributed by atoms with van der Waals surface area (Å²) in [4.78, 5) is 8.49. The molecular weight excluding hydrogens is 391 g/mol. The molecule has 118 valence electrons. The Balaban J connectivity index is 0.00000242. The van der Waals surface area contributed by atoms with Crippen LogP contribution in [0.5, 0.6) is 5.75 Å². The highest BCUT2D eigenvalue weighted by atomic mass is 127. The van der Waals surface area contributed by atoms with Crippen LogP contribution in [-0.2, 0) is 12.8 Å². The van der Waals surface area contributed by atoms with Crippen LogP contribution < -0.4 is 11.1 Å². The number of phenolic OH excluding ortho intramolecular Hbond substituents is 1. The minimum atomic E-state index is 0. The summed E-state index contributed by atoms with van der Waals surface area (Å²) in [5.41, 5.74) is 7.87. The summed E-state index contributed by atoms with van der Waals surface area (Å²) in [6.07, 6.45) is 3.33. The second-order valence-electron chi connectivity index (χ2n) is 4.68. The van der Waals surface area contributed by atoms with E-state index < -0.39 is 0 Å². The molecule has 0 aliphatic carbocycles. The van der Waals surface area contributed by atoms with Gasteiger partial charge in [-0.15, -0.1) is 24.0 Å². The number of nitrogens with two attached hydrogens (primary N) is 1. The first kappa shape index (κ1) is 18.2. The molecule has 0 amide bonds. The molecule has 0 bridgehead atoms. The van der Waals surface area contributed by atoms with Crippen molar-refractivity contribution in [3.05, 3.63) is 59.9 Å². The first-order chi connectivity index (χ1) is 10.2. The van der Waals surface area contributed by atoms with Crippen LogP contribution in [0, 0.1) is 0 Å². The van der Waals surface area contributed by atoms with E-state index in [0.717, 1.165) is 24.1 Å². The smallest absolute Gasteiger partial charge is 0.188 e. The molecule has 5 nitrogen and oxygen atoms in total. The third-order valence-corrected chi connectivity index (χ3v) is 3.01. The molecule has 1 heterocycles. The van der Waals surface area contributed by atoms with Gasteiger partial charge in [-0.1, -0.05) is 18.2 Å². The number of pyridine rings is 1. The molecule has 6 heteroatoms. The number of nitrogens with one attached hydrogen (secondary N) is 1. The number of nitrogens with zero attached hydrogens (tertiary/aromatic N) is 2. The maximum absolute atomic E-state index is 9.37. The molecule has 2 rings (SSSR count). The van der Waals surface area contributed by atoms with E-state index in [1.165, 1.54) is 0 Å². The molecule has 0 aliphatic heterocycles. The summed E-state index contributed by atoms with van der Waals surface area (Å²) >= 11 is 0. The Morgan fingerprint density at radius 1 is 1.18 bits per heavy atom. The molecule has 0 spiro atoms. The fraction of sp³-hybridized carbons (Fsp3) is 0.250. The van der Waals surface area contributed by atoms with E-state index >= 15 is 0 Å². The molecule has 0 atom stereocenters. The zero-order valence-corrected chi connectivity index (χ0v) is 14.6. The number of hydrogen-bond donors (Lipinski definition) is 3. The minimum Gasteiger partial charge on any atom is -0.508 e. The zero-order chi connectivity index (χ0) is 14.9. The van der Waals surface area contributed by atoms with E-state index in [9.17, 15) is 5.11 Å². The zero-order valence-electron chi connectivity index (χ0n) is 12.3. The number of aromatic hydroxyl groups is 1. The molecule has 0 saturated heterocycles. The van der Waals surface area contributed by atoms with Crippen molar-refractivity contribution < 1.29 is 5.11 Å². The number of benzene rings is 1. The summed E-state index contributed by atoms with van der Waals surface area (Å²) in [7, 11) is 0. The van der Waals surface area contributed by atoms with Gasteiger partial charge in [0.15, 0.2) is 5.96 Å². The summed E-state index contributed by atoms with van der Waals surface area (Å²) in [5, 5.41) is 12.4. The molecule has 4 N–H and O–H groups in total. The Labute approximate surface area is 147 Å². The predicted molar refractivity (Wildman–Crippen MR) is 99.7 cm³/mol. The summed E-state index contributed by atoms with van der Waals surface area (Å²) in [6.45, 7) is 1.30. The molecule has 0 fully saturated rings. The highest BCUT2D eigenvalue weighted by Crippen LogP contribution is 2.10. The van der Waals surface area contributed by atoms with E-state index in [-0.39, 0.29) is 29.7 Å². The SMILES string of the molecule is I.NC(=NCCc1ccccn1)NCCc1cccc(O)c1. The predicted octanol–water partition coefficient (Wildman–Crippen LogP) is 2.09. The van der Waals surface area contributed by atoms with Crippen molar-refractivity contribution >= 4 is 29.9 Å². The second kappa shape index (κ2) is 9.99. The van der Waals surface area contributed by atoms with Crippen LogP contribution in [0.25, 0.3) is 0 Å². The molecule has 2 aromatic rings. The van der Waals surface area contributed by atoms with Gasteiger partial charge in [0.05, 0.1) is 0 Å². The van der Waals surface area contributed by atoms with Crippen LogP contribution in [0.15, 0.2) is 53.7 Å². The highest BCUT2D eigenvalue weighted by Gasteiger charge is 1.96. The minimum absolute atomic E-state index is 0. The van der Waals surface area contributed by atoms with E-state index in [0.29, 0.717) is 19.0 Å². The van der Waals surface area contributed by atoms with Gasteiger partial charge in [-0.2, -0.15) is 0 Å². The van der Waals surface area contributed by atoms with Gasteiger partial charge < -0.3 is 16.2 Å². The maximum atomic E-state index is 9.37. The number of aliphatic imine (C=N–C) groups is 1. The number of aromatic nitrogens is 1. The van der Waals surface area contributed by atoms with Gasteiger partial charge in [0.2, 0.25) is 0 Å². The topological polar surface area (TPSA) is 83.5 Å². The van der Waals surface area contributed by atoms with Crippen LogP contribution in [0.1, 0.15) is 11.3 Å². The van der Waals surface area contributed by atoms with E-state index in [1.54, 1.807) is 18.3 Å². The van der Waals surface area contributed by atoms with Crippen LogP contribution >= 0.6 is 24.0 Å². The molecule has 22 heavy (non-hydrogen) atoms. The maximum Gasteiger partial charge on any atom is 0.188 e. The first-order valence-electron chi connectivity index (χ1n) is 6.95. The van der Waals surface area contributed by atoms with Crippen LogP contribution in [0.4, 0.5) is 0 Å². The van der Waals surface area contributed by atoms with E-state index in [1.807, 2.05) is 30.3 Å². The largest absolute Gasteiger partial charge is 0.508 e. The molecule has 0 radical (unpaired) electrons. The van der Waals surface area contributed by atoms with Crippen molar-refractivity contribution in [2.45, 2.75) is 12.8 Å². The van der Waals surface area contributed by atoms with E-state index in [4.69, 9.17) is 5.73 Å². The average Bonchev–Trinajstić information content (AvgIpc) is 2.48. The normalized spacial score (nSPS) is 10.8. The van der Waals surface area contributed by atoms with Gasteiger partial charge in [-0.05, 0) is 36.2 Å². The Bertz CT molecular complexity index is 590. The van der Waals surface area contributed by atoms with Crippen molar-refractivity contribution in [1.29, 1.82) is 0 Å². The van der Waals surface area contributed by atoms with Gasteiger partial charge in [-0.25, -0.2) is 0 Å². The van der Waals surface area contributed by atoms with Crippen LogP contribution in [-0.4, -0.2) is 29.1 Å². The Morgan fingerprint density at radius 3 is 2.77 bits per heavy atom. The van der Waals surface area contributed by atoms with Gasteiger partial charge in [0.25, 0.3) is 0 Å². The van der Waals surface area contributed by atoms with Crippen molar-refractivity contribution in [2.24, 2.45) is 10.7 Å². The quantitative estimate of drug-likeness (QED) is 0.386.